The molecule has 1 unspecified atom stereocenters. The quantitative estimate of drug-likeness (QED) is 0.625. The summed E-state index contributed by atoms with van der Waals surface area (Å²) in [5.41, 5.74) is 0. The van der Waals surface area contributed by atoms with E-state index in [4.69, 9.17) is 5.11 Å². The van der Waals surface area contributed by atoms with Crippen molar-refractivity contribution < 1.29 is 5.11 Å². The molecule has 0 aliphatic heterocycles. The van der Waals surface area contributed by atoms with E-state index in [1.807, 2.05) is 6.92 Å². The Bertz CT molecular complexity index is 266. The van der Waals surface area contributed by atoms with Gasteiger partial charge >= 0.3 is 0 Å². The molecule has 0 bridgehead atoms. The van der Waals surface area contributed by atoms with E-state index in [1.54, 1.807) is 19.3 Å². The van der Waals surface area contributed by atoms with Gasteiger partial charge in [-0.3, -0.25) is 0 Å². The molecule has 3 N–H and O–H groups in total. The second-order valence-corrected chi connectivity index (χ2v) is 2.74. The smallest absolute Gasteiger partial charge is 0.224 e. The molecule has 13 heavy (non-hydrogen) atoms. The first-order valence-electron chi connectivity index (χ1n) is 4.14. The topological polar surface area (TPSA) is 70.1 Å². The fraction of sp³-hybridized carbons (Fsp3) is 0.500. The Morgan fingerprint density at radius 2 is 2.38 bits per heavy atom. The predicted molar refractivity (Wildman–Crippen MR) is 51.7 cm³/mol. The van der Waals surface area contributed by atoms with Crippen molar-refractivity contribution in [2.75, 3.05) is 24.3 Å². The van der Waals surface area contributed by atoms with Gasteiger partial charge in [-0.2, -0.15) is 4.98 Å². The Hall–Kier alpha value is -1.36. The summed E-state index contributed by atoms with van der Waals surface area (Å²) in [6.45, 7) is 1.96. The van der Waals surface area contributed by atoms with Gasteiger partial charge in [0.05, 0.1) is 6.61 Å². The highest BCUT2D eigenvalue weighted by Gasteiger charge is 2.01. The van der Waals surface area contributed by atoms with Crippen LogP contribution in [-0.4, -0.2) is 34.8 Å². The van der Waals surface area contributed by atoms with Gasteiger partial charge in [0.25, 0.3) is 0 Å². The monoisotopic (exact) mass is 182 g/mol. The van der Waals surface area contributed by atoms with Crippen LogP contribution >= 0.6 is 0 Å². The second kappa shape index (κ2) is 4.61. The van der Waals surface area contributed by atoms with E-state index in [9.17, 15) is 0 Å². The molecule has 0 aliphatic carbocycles. The number of aliphatic hydroxyl groups is 1. The summed E-state index contributed by atoms with van der Waals surface area (Å²) in [5, 5.41) is 14.7. The van der Waals surface area contributed by atoms with Crippen LogP contribution in [0.1, 0.15) is 6.92 Å². The average molecular weight is 182 g/mol. The highest BCUT2D eigenvalue weighted by molar-refractivity contribution is 5.39. The third-order valence-corrected chi connectivity index (χ3v) is 1.55. The number of hydrogen-bond donors (Lipinski definition) is 3. The van der Waals surface area contributed by atoms with Crippen LogP contribution in [-0.2, 0) is 0 Å². The van der Waals surface area contributed by atoms with Gasteiger partial charge in [-0.25, -0.2) is 4.98 Å². The molecule has 1 rings (SSSR count). The Balaban J connectivity index is 2.66. The van der Waals surface area contributed by atoms with Crippen LogP contribution in [0.5, 0.6) is 0 Å². The van der Waals surface area contributed by atoms with Crippen LogP contribution in [0, 0.1) is 0 Å². The van der Waals surface area contributed by atoms with Gasteiger partial charge in [0.1, 0.15) is 5.82 Å². The number of nitrogens with zero attached hydrogens (tertiary/aromatic N) is 2. The summed E-state index contributed by atoms with van der Waals surface area (Å²) in [5.74, 6) is 1.27. The fourth-order valence-corrected chi connectivity index (χ4v) is 0.858. The zero-order chi connectivity index (χ0) is 9.68. The molecule has 1 heterocycles. The molecule has 5 nitrogen and oxygen atoms in total. The maximum Gasteiger partial charge on any atom is 0.224 e. The standard InChI is InChI=1S/C8H14N4O/c1-6(5-13)11-7-3-4-10-8(9-2)12-7/h3-4,6,13H,5H2,1-2H3,(H2,9,10,11,12). The van der Waals surface area contributed by atoms with Gasteiger partial charge in [0.15, 0.2) is 0 Å². The predicted octanol–water partition coefficient (Wildman–Crippen LogP) is 0.311. The van der Waals surface area contributed by atoms with E-state index in [2.05, 4.69) is 20.6 Å². The largest absolute Gasteiger partial charge is 0.394 e. The molecule has 0 radical (unpaired) electrons. The van der Waals surface area contributed by atoms with Gasteiger partial charge in [-0.05, 0) is 13.0 Å². The Labute approximate surface area is 77.2 Å². The fourth-order valence-electron chi connectivity index (χ4n) is 0.858. The molecule has 0 saturated heterocycles. The number of aliphatic hydroxyl groups excluding tert-OH is 1. The van der Waals surface area contributed by atoms with E-state index in [1.165, 1.54) is 0 Å². The number of aromatic nitrogens is 2. The van der Waals surface area contributed by atoms with Crippen LogP contribution in [0.2, 0.25) is 0 Å². The van der Waals surface area contributed by atoms with Gasteiger partial charge < -0.3 is 15.7 Å². The van der Waals surface area contributed by atoms with Crippen LogP contribution in [0.4, 0.5) is 11.8 Å². The van der Waals surface area contributed by atoms with Crippen molar-refractivity contribution in [1.29, 1.82) is 0 Å². The molecule has 72 valence electrons. The number of anilines is 2. The number of rotatable bonds is 4. The minimum atomic E-state index is -0.000365. The lowest BCUT2D eigenvalue weighted by Crippen LogP contribution is -2.20. The minimum absolute atomic E-state index is 0.000365. The second-order valence-electron chi connectivity index (χ2n) is 2.74. The van der Waals surface area contributed by atoms with E-state index in [0.29, 0.717) is 11.8 Å². The van der Waals surface area contributed by atoms with E-state index in [-0.39, 0.29) is 12.6 Å². The SMILES string of the molecule is CNc1nccc(NC(C)CO)n1. The highest BCUT2D eigenvalue weighted by Crippen LogP contribution is 2.05. The summed E-state index contributed by atoms with van der Waals surface area (Å²) in [4.78, 5) is 8.10. The maximum absolute atomic E-state index is 8.80. The summed E-state index contributed by atoms with van der Waals surface area (Å²) in [7, 11) is 1.76. The molecular weight excluding hydrogens is 168 g/mol. The first kappa shape index (κ1) is 9.73. The van der Waals surface area contributed by atoms with E-state index < -0.39 is 0 Å². The minimum Gasteiger partial charge on any atom is -0.394 e. The van der Waals surface area contributed by atoms with Crippen LogP contribution < -0.4 is 10.6 Å². The lowest BCUT2D eigenvalue weighted by atomic mass is 10.3. The molecule has 1 aromatic heterocycles. The van der Waals surface area contributed by atoms with Crippen LogP contribution in [0.25, 0.3) is 0 Å². The normalized spacial score (nSPS) is 12.2. The molecule has 0 fully saturated rings. The third kappa shape index (κ3) is 2.87. The third-order valence-electron chi connectivity index (χ3n) is 1.55. The summed E-state index contributed by atoms with van der Waals surface area (Å²) >= 11 is 0. The first-order chi connectivity index (χ1) is 6.26. The van der Waals surface area contributed by atoms with Crippen molar-refractivity contribution in [2.45, 2.75) is 13.0 Å². The Kier molecular flexibility index (Phi) is 3.45. The molecule has 1 aromatic rings. The first-order valence-corrected chi connectivity index (χ1v) is 4.14. The van der Waals surface area contributed by atoms with E-state index in [0.717, 1.165) is 0 Å². The average Bonchev–Trinajstić information content (AvgIpc) is 2.18. The summed E-state index contributed by atoms with van der Waals surface area (Å²) < 4.78 is 0. The van der Waals surface area contributed by atoms with Gasteiger partial charge in [0, 0.05) is 19.3 Å². The number of hydrogen-bond acceptors (Lipinski definition) is 5. The molecule has 0 aromatic carbocycles. The van der Waals surface area contributed by atoms with Gasteiger partial charge in [-0.15, -0.1) is 0 Å². The van der Waals surface area contributed by atoms with Crippen molar-refractivity contribution in [3.05, 3.63) is 12.3 Å². The summed E-state index contributed by atoms with van der Waals surface area (Å²) in [6, 6.07) is 1.76. The van der Waals surface area contributed by atoms with Crippen molar-refractivity contribution in [3.8, 4) is 0 Å². The van der Waals surface area contributed by atoms with Crippen LogP contribution in [0.15, 0.2) is 12.3 Å². The summed E-state index contributed by atoms with van der Waals surface area (Å²) in [6.07, 6.45) is 1.66. The van der Waals surface area contributed by atoms with Crippen molar-refractivity contribution in [1.82, 2.24) is 9.97 Å². The molecule has 0 saturated carbocycles. The zero-order valence-corrected chi connectivity index (χ0v) is 7.78. The zero-order valence-electron chi connectivity index (χ0n) is 7.78. The van der Waals surface area contributed by atoms with Crippen LogP contribution in [0.3, 0.4) is 0 Å². The van der Waals surface area contributed by atoms with Crippen molar-refractivity contribution in [3.63, 3.8) is 0 Å². The van der Waals surface area contributed by atoms with E-state index >= 15 is 0 Å². The molecule has 5 heteroatoms. The Morgan fingerprint density at radius 1 is 1.62 bits per heavy atom. The number of nitrogens with one attached hydrogen (secondary N) is 2. The Morgan fingerprint density at radius 3 is 3.00 bits per heavy atom. The highest BCUT2D eigenvalue weighted by atomic mass is 16.3. The van der Waals surface area contributed by atoms with Gasteiger partial charge in [0.2, 0.25) is 5.95 Å². The van der Waals surface area contributed by atoms with Crippen molar-refractivity contribution >= 4 is 11.8 Å². The molecule has 0 aliphatic rings. The lowest BCUT2D eigenvalue weighted by molar-refractivity contribution is 0.281. The maximum atomic E-state index is 8.80. The molecular formula is C8H14N4O. The molecule has 0 amide bonds. The molecule has 1 atom stereocenters. The van der Waals surface area contributed by atoms with Gasteiger partial charge in [-0.1, -0.05) is 0 Å². The van der Waals surface area contributed by atoms with Crippen molar-refractivity contribution in [2.24, 2.45) is 0 Å². The molecule has 0 spiro atoms. The lowest BCUT2D eigenvalue weighted by Gasteiger charge is -2.11.